The molecule has 0 radical (unpaired) electrons. The summed E-state index contributed by atoms with van der Waals surface area (Å²) in [7, 11) is 2.07. The molecule has 1 N–H and O–H groups in total. The lowest BCUT2D eigenvalue weighted by Gasteiger charge is -2.27. The molecule has 0 aliphatic rings. The summed E-state index contributed by atoms with van der Waals surface area (Å²) < 4.78 is 0. The average Bonchev–Trinajstić information content (AvgIpc) is 2.29. The van der Waals surface area contributed by atoms with Crippen molar-refractivity contribution < 1.29 is 0 Å². The van der Waals surface area contributed by atoms with E-state index in [1.807, 2.05) is 12.1 Å². The summed E-state index contributed by atoms with van der Waals surface area (Å²) in [6.45, 7) is 11.5. The molecule has 0 saturated heterocycles. The van der Waals surface area contributed by atoms with Crippen molar-refractivity contribution in [1.29, 1.82) is 0 Å². The number of rotatable bonds is 6. The van der Waals surface area contributed by atoms with Gasteiger partial charge in [0.2, 0.25) is 0 Å². The van der Waals surface area contributed by atoms with Crippen molar-refractivity contribution in [1.82, 2.24) is 10.3 Å². The van der Waals surface area contributed by atoms with Gasteiger partial charge in [-0.2, -0.15) is 0 Å². The number of nitrogens with zero attached hydrogens (tertiary/aromatic N) is 2. The second kappa shape index (κ2) is 7.11. The molecule has 0 atom stereocenters. The number of anilines is 1. The van der Waals surface area contributed by atoms with E-state index in [2.05, 4.69) is 49.9 Å². The minimum absolute atomic E-state index is 0.247. The molecule has 0 aliphatic heterocycles. The van der Waals surface area contributed by atoms with Crippen LogP contribution < -0.4 is 10.2 Å². The van der Waals surface area contributed by atoms with E-state index in [-0.39, 0.29) is 5.41 Å². The summed E-state index contributed by atoms with van der Waals surface area (Å²) in [5, 5.41) is 4.07. The van der Waals surface area contributed by atoms with Gasteiger partial charge in [-0.1, -0.05) is 39.3 Å². The van der Waals surface area contributed by atoms with Crippen LogP contribution in [0.3, 0.4) is 0 Å². The zero-order valence-electron chi connectivity index (χ0n) is 12.8. The summed E-state index contributed by atoms with van der Waals surface area (Å²) in [5.74, 6) is 0.979. The fourth-order valence-electron chi connectivity index (χ4n) is 1.99. The van der Waals surface area contributed by atoms with Crippen molar-refractivity contribution in [3.05, 3.63) is 22.8 Å². The predicted molar refractivity (Wildman–Crippen MR) is 84.0 cm³/mol. The molecule has 0 spiro atoms. The average molecular weight is 284 g/mol. The normalized spacial score (nSPS) is 11.7. The SMILES string of the molecule is CCCNCc1nc(N(C)CC(C)(C)C)ccc1Cl. The van der Waals surface area contributed by atoms with E-state index < -0.39 is 0 Å². The first kappa shape index (κ1) is 16.3. The van der Waals surface area contributed by atoms with Crippen LogP contribution in [0.1, 0.15) is 39.8 Å². The summed E-state index contributed by atoms with van der Waals surface area (Å²) in [6, 6.07) is 3.92. The van der Waals surface area contributed by atoms with E-state index in [1.165, 1.54) is 0 Å². The van der Waals surface area contributed by atoms with Crippen LogP contribution in [0.15, 0.2) is 12.1 Å². The molecule has 1 aromatic heterocycles. The highest BCUT2D eigenvalue weighted by atomic mass is 35.5. The molecule has 0 amide bonds. The largest absolute Gasteiger partial charge is 0.359 e. The Morgan fingerprint density at radius 2 is 2.00 bits per heavy atom. The molecule has 19 heavy (non-hydrogen) atoms. The Bertz CT molecular complexity index is 399. The quantitative estimate of drug-likeness (QED) is 0.807. The first-order chi connectivity index (χ1) is 8.83. The van der Waals surface area contributed by atoms with E-state index in [0.29, 0.717) is 0 Å². The Labute approximate surface area is 122 Å². The van der Waals surface area contributed by atoms with Gasteiger partial charge in [0.05, 0.1) is 10.7 Å². The second-order valence-corrected chi connectivity index (χ2v) is 6.60. The van der Waals surface area contributed by atoms with Crippen LogP contribution in [0.2, 0.25) is 5.02 Å². The maximum absolute atomic E-state index is 6.19. The van der Waals surface area contributed by atoms with Crippen molar-refractivity contribution in [2.24, 2.45) is 5.41 Å². The third kappa shape index (κ3) is 5.79. The van der Waals surface area contributed by atoms with Crippen LogP contribution in [0, 0.1) is 5.41 Å². The van der Waals surface area contributed by atoms with Gasteiger partial charge < -0.3 is 10.2 Å². The number of halogens is 1. The Morgan fingerprint density at radius 3 is 2.58 bits per heavy atom. The summed E-state index contributed by atoms with van der Waals surface area (Å²) in [5.41, 5.74) is 1.17. The summed E-state index contributed by atoms with van der Waals surface area (Å²) >= 11 is 6.19. The smallest absolute Gasteiger partial charge is 0.128 e. The lowest BCUT2D eigenvalue weighted by atomic mass is 9.96. The predicted octanol–water partition coefficient (Wildman–Crippen LogP) is 3.72. The van der Waals surface area contributed by atoms with Crippen molar-refractivity contribution in [3.63, 3.8) is 0 Å². The van der Waals surface area contributed by atoms with E-state index >= 15 is 0 Å². The molecular formula is C15H26ClN3. The Balaban J connectivity index is 2.77. The van der Waals surface area contributed by atoms with Crippen LogP contribution in [0.5, 0.6) is 0 Å². The van der Waals surface area contributed by atoms with E-state index in [4.69, 9.17) is 11.6 Å². The maximum atomic E-state index is 6.19. The van der Waals surface area contributed by atoms with E-state index in [9.17, 15) is 0 Å². The van der Waals surface area contributed by atoms with Crippen LogP contribution in [-0.4, -0.2) is 25.1 Å². The molecule has 0 bridgehead atoms. The summed E-state index contributed by atoms with van der Waals surface area (Å²) in [4.78, 5) is 6.84. The Kier molecular flexibility index (Phi) is 6.08. The fraction of sp³-hybridized carbons (Fsp3) is 0.667. The van der Waals surface area contributed by atoms with Gasteiger partial charge in [-0.05, 0) is 30.5 Å². The first-order valence-corrected chi connectivity index (χ1v) is 7.28. The van der Waals surface area contributed by atoms with Gasteiger partial charge in [0.1, 0.15) is 5.82 Å². The zero-order chi connectivity index (χ0) is 14.5. The zero-order valence-corrected chi connectivity index (χ0v) is 13.5. The monoisotopic (exact) mass is 283 g/mol. The Hall–Kier alpha value is -0.800. The number of pyridine rings is 1. The van der Waals surface area contributed by atoms with Crippen LogP contribution in [0.25, 0.3) is 0 Å². The molecule has 108 valence electrons. The van der Waals surface area contributed by atoms with Gasteiger partial charge in [0.25, 0.3) is 0 Å². The highest BCUT2D eigenvalue weighted by Gasteiger charge is 2.15. The standard InChI is InChI=1S/C15H26ClN3/c1-6-9-17-10-13-12(16)7-8-14(18-13)19(5)11-15(2,3)4/h7-8,17H,6,9-11H2,1-5H3. The molecule has 1 heterocycles. The van der Waals surface area contributed by atoms with Gasteiger partial charge in [-0.15, -0.1) is 0 Å². The lowest BCUT2D eigenvalue weighted by molar-refractivity contribution is 0.417. The molecular weight excluding hydrogens is 258 g/mol. The second-order valence-electron chi connectivity index (χ2n) is 6.19. The van der Waals surface area contributed by atoms with Crippen LogP contribution >= 0.6 is 11.6 Å². The van der Waals surface area contributed by atoms with Crippen molar-refractivity contribution in [2.45, 2.75) is 40.7 Å². The molecule has 0 unspecified atom stereocenters. The van der Waals surface area contributed by atoms with Gasteiger partial charge in [-0.3, -0.25) is 0 Å². The van der Waals surface area contributed by atoms with Gasteiger partial charge >= 0.3 is 0 Å². The first-order valence-electron chi connectivity index (χ1n) is 6.91. The number of nitrogens with one attached hydrogen (secondary N) is 1. The van der Waals surface area contributed by atoms with E-state index in [0.717, 1.165) is 42.6 Å². The van der Waals surface area contributed by atoms with Gasteiger partial charge in [0, 0.05) is 20.1 Å². The van der Waals surface area contributed by atoms with Crippen molar-refractivity contribution in [2.75, 3.05) is 25.0 Å². The molecule has 1 aromatic rings. The van der Waals surface area contributed by atoms with E-state index in [1.54, 1.807) is 0 Å². The maximum Gasteiger partial charge on any atom is 0.128 e. The molecule has 4 heteroatoms. The number of aromatic nitrogens is 1. The minimum atomic E-state index is 0.247. The van der Waals surface area contributed by atoms with Gasteiger partial charge in [-0.25, -0.2) is 4.98 Å². The molecule has 3 nitrogen and oxygen atoms in total. The highest BCUT2D eigenvalue weighted by Crippen LogP contribution is 2.22. The third-order valence-corrected chi connectivity index (χ3v) is 3.07. The van der Waals surface area contributed by atoms with Crippen molar-refractivity contribution >= 4 is 17.4 Å². The lowest BCUT2D eigenvalue weighted by Crippen LogP contribution is -2.30. The molecule has 1 rings (SSSR count). The van der Waals surface area contributed by atoms with Crippen LogP contribution in [-0.2, 0) is 6.54 Å². The number of hydrogen-bond donors (Lipinski definition) is 1. The molecule has 0 aliphatic carbocycles. The topological polar surface area (TPSA) is 28.2 Å². The minimum Gasteiger partial charge on any atom is -0.359 e. The van der Waals surface area contributed by atoms with Crippen molar-refractivity contribution in [3.8, 4) is 0 Å². The number of hydrogen-bond acceptors (Lipinski definition) is 3. The molecule has 0 aromatic carbocycles. The third-order valence-electron chi connectivity index (χ3n) is 2.73. The fourth-order valence-corrected chi connectivity index (χ4v) is 2.16. The highest BCUT2D eigenvalue weighted by molar-refractivity contribution is 6.31. The Morgan fingerprint density at radius 1 is 1.32 bits per heavy atom. The van der Waals surface area contributed by atoms with Gasteiger partial charge in [0.15, 0.2) is 0 Å². The molecule has 0 saturated carbocycles. The van der Waals surface area contributed by atoms with Crippen LogP contribution in [0.4, 0.5) is 5.82 Å². The summed E-state index contributed by atoms with van der Waals surface area (Å²) in [6.07, 6.45) is 1.11. The molecule has 0 fully saturated rings.